The summed E-state index contributed by atoms with van der Waals surface area (Å²) in [6.45, 7) is 0. The van der Waals surface area contributed by atoms with Crippen LogP contribution in [0.1, 0.15) is 23.2 Å². The number of rotatable bonds is 4. The van der Waals surface area contributed by atoms with E-state index in [0.717, 1.165) is 0 Å². The minimum absolute atomic E-state index is 0.0658. The van der Waals surface area contributed by atoms with Crippen LogP contribution in [-0.4, -0.2) is 18.1 Å². The van der Waals surface area contributed by atoms with Gasteiger partial charge in [-0.1, -0.05) is 27.5 Å². The third-order valence-corrected chi connectivity index (χ3v) is 2.87. The number of aromatic nitrogens is 1. The number of alkyl halides is 3. The van der Waals surface area contributed by atoms with Crippen molar-refractivity contribution < 1.29 is 18.3 Å². The lowest BCUT2D eigenvalue weighted by molar-refractivity contribution is -0.139. The van der Waals surface area contributed by atoms with E-state index in [4.69, 9.17) is 11.6 Å². The van der Waals surface area contributed by atoms with Crippen LogP contribution in [0.4, 0.5) is 8.78 Å². The van der Waals surface area contributed by atoms with E-state index in [1.165, 1.54) is 13.2 Å². The highest BCUT2D eigenvalue weighted by Crippen LogP contribution is 2.28. The number of ether oxygens (including phenoxy) is 1. The standard InChI is InChI=1S/C10H9BrClF2NO2/c1-17-8(16)3-5-2-7(12)15-9(10(13)14)6(5)4-11/h2,10H,3-4H2,1H3. The Bertz CT molecular complexity index is 429. The van der Waals surface area contributed by atoms with Crippen molar-refractivity contribution in [1.82, 2.24) is 4.98 Å². The van der Waals surface area contributed by atoms with Crippen LogP contribution in [0.15, 0.2) is 6.07 Å². The summed E-state index contributed by atoms with van der Waals surface area (Å²) in [7, 11) is 1.23. The van der Waals surface area contributed by atoms with Gasteiger partial charge in [0.1, 0.15) is 10.8 Å². The molecule has 1 rings (SSSR count). The van der Waals surface area contributed by atoms with Crippen LogP contribution in [0, 0.1) is 0 Å². The molecule has 0 saturated carbocycles. The first-order valence-electron chi connectivity index (χ1n) is 4.58. The monoisotopic (exact) mass is 327 g/mol. The maximum Gasteiger partial charge on any atom is 0.309 e. The lowest BCUT2D eigenvalue weighted by Crippen LogP contribution is -2.09. The highest BCUT2D eigenvalue weighted by molar-refractivity contribution is 9.08. The number of methoxy groups -OCH3 is 1. The number of esters is 1. The van der Waals surface area contributed by atoms with Crippen molar-refractivity contribution in [3.05, 3.63) is 28.0 Å². The van der Waals surface area contributed by atoms with Gasteiger partial charge in [-0.15, -0.1) is 0 Å². The number of pyridine rings is 1. The zero-order valence-electron chi connectivity index (χ0n) is 8.84. The van der Waals surface area contributed by atoms with E-state index >= 15 is 0 Å². The first-order chi connectivity index (χ1) is 7.99. The number of nitrogens with zero attached hydrogens (tertiary/aromatic N) is 1. The molecule has 0 aliphatic heterocycles. The van der Waals surface area contributed by atoms with Crippen LogP contribution in [0.25, 0.3) is 0 Å². The Morgan fingerprint density at radius 2 is 2.29 bits per heavy atom. The largest absolute Gasteiger partial charge is 0.469 e. The first kappa shape index (κ1) is 14.3. The summed E-state index contributed by atoms with van der Waals surface area (Å²) in [6.07, 6.45) is -2.85. The molecule has 0 radical (unpaired) electrons. The van der Waals surface area contributed by atoms with Gasteiger partial charge in [-0.2, -0.15) is 0 Å². The minimum atomic E-state index is -2.74. The lowest BCUT2D eigenvalue weighted by atomic mass is 10.1. The average Bonchev–Trinajstić information content (AvgIpc) is 2.28. The van der Waals surface area contributed by atoms with Gasteiger partial charge in [0.2, 0.25) is 0 Å². The summed E-state index contributed by atoms with van der Waals surface area (Å²) in [5, 5.41) is 0.104. The molecule has 0 saturated heterocycles. The summed E-state index contributed by atoms with van der Waals surface area (Å²) < 4.78 is 30.0. The molecule has 0 aromatic carbocycles. The number of carbonyl (C=O) groups excluding carboxylic acids is 1. The Hall–Kier alpha value is -0.750. The Labute approximate surface area is 110 Å². The van der Waals surface area contributed by atoms with Gasteiger partial charge >= 0.3 is 5.97 Å². The van der Waals surface area contributed by atoms with E-state index in [0.29, 0.717) is 5.56 Å². The molecule has 1 aromatic rings. The Balaban J connectivity index is 3.23. The quantitative estimate of drug-likeness (QED) is 0.484. The van der Waals surface area contributed by atoms with E-state index in [1.54, 1.807) is 0 Å². The fourth-order valence-corrected chi connectivity index (χ4v) is 2.20. The SMILES string of the molecule is COC(=O)Cc1cc(Cl)nc(C(F)F)c1CBr. The van der Waals surface area contributed by atoms with Crippen LogP contribution < -0.4 is 0 Å². The van der Waals surface area contributed by atoms with Crippen LogP contribution >= 0.6 is 27.5 Å². The van der Waals surface area contributed by atoms with Gasteiger partial charge < -0.3 is 4.74 Å². The molecule has 0 N–H and O–H groups in total. The van der Waals surface area contributed by atoms with Crippen molar-refractivity contribution in [2.75, 3.05) is 7.11 Å². The molecule has 1 heterocycles. The summed E-state index contributed by atoms with van der Waals surface area (Å²) >= 11 is 8.73. The first-order valence-corrected chi connectivity index (χ1v) is 6.08. The Kier molecular flexibility index (Phi) is 5.27. The topological polar surface area (TPSA) is 39.2 Å². The van der Waals surface area contributed by atoms with Gasteiger partial charge in [0, 0.05) is 5.33 Å². The van der Waals surface area contributed by atoms with Crippen LogP contribution in [-0.2, 0) is 21.3 Å². The van der Waals surface area contributed by atoms with Crippen LogP contribution in [0.3, 0.4) is 0 Å². The third-order valence-electron chi connectivity index (χ3n) is 2.12. The van der Waals surface area contributed by atoms with E-state index in [-0.39, 0.29) is 22.5 Å². The van der Waals surface area contributed by atoms with Crippen molar-refractivity contribution in [3.63, 3.8) is 0 Å². The predicted molar refractivity (Wildman–Crippen MR) is 62.6 cm³/mol. The predicted octanol–water partition coefficient (Wildman–Crippen LogP) is 3.28. The van der Waals surface area contributed by atoms with E-state index in [2.05, 4.69) is 25.7 Å². The van der Waals surface area contributed by atoms with Crippen molar-refractivity contribution >= 4 is 33.5 Å². The van der Waals surface area contributed by atoms with Gasteiger partial charge in [-0.25, -0.2) is 13.8 Å². The molecule has 0 aliphatic rings. The zero-order chi connectivity index (χ0) is 13.0. The number of carbonyl (C=O) groups is 1. The van der Waals surface area contributed by atoms with E-state index in [9.17, 15) is 13.6 Å². The lowest BCUT2D eigenvalue weighted by Gasteiger charge is -2.11. The second-order valence-corrected chi connectivity index (χ2v) is 4.10. The number of hydrogen-bond donors (Lipinski definition) is 0. The molecule has 0 atom stereocenters. The summed E-state index contributed by atoms with van der Waals surface area (Å²) in [4.78, 5) is 14.7. The molecule has 1 aromatic heterocycles. The van der Waals surface area contributed by atoms with Crippen molar-refractivity contribution in [2.24, 2.45) is 0 Å². The molecule has 7 heteroatoms. The van der Waals surface area contributed by atoms with Crippen molar-refractivity contribution in [3.8, 4) is 0 Å². The Morgan fingerprint density at radius 1 is 1.65 bits per heavy atom. The fourth-order valence-electron chi connectivity index (χ4n) is 1.33. The minimum Gasteiger partial charge on any atom is -0.469 e. The molecule has 94 valence electrons. The highest BCUT2D eigenvalue weighted by atomic mass is 79.9. The van der Waals surface area contributed by atoms with Gasteiger partial charge in [-0.05, 0) is 17.2 Å². The molecule has 0 aliphatic carbocycles. The fraction of sp³-hybridized carbons (Fsp3) is 0.400. The summed E-state index contributed by atoms with van der Waals surface area (Å²) in [6, 6.07) is 1.39. The van der Waals surface area contributed by atoms with Gasteiger partial charge in [0.05, 0.1) is 13.5 Å². The zero-order valence-corrected chi connectivity index (χ0v) is 11.2. The molecule has 0 spiro atoms. The molecular formula is C10H9BrClF2NO2. The Morgan fingerprint density at radius 3 is 2.76 bits per heavy atom. The summed E-state index contributed by atoms with van der Waals surface area (Å²) in [5.41, 5.74) is 0.257. The molecule has 0 amide bonds. The maximum absolute atomic E-state index is 12.7. The molecular weight excluding hydrogens is 319 g/mol. The normalized spacial score (nSPS) is 10.7. The molecule has 0 fully saturated rings. The molecule has 3 nitrogen and oxygen atoms in total. The molecule has 0 unspecified atom stereocenters. The van der Waals surface area contributed by atoms with Crippen molar-refractivity contribution in [2.45, 2.75) is 18.2 Å². The van der Waals surface area contributed by atoms with Crippen LogP contribution in [0.2, 0.25) is 5.15 Å². The molecule has 17 heavy (non-hydrogen) atoms. The average molecular weight is 329 g/mol. The molecule has 0 bridgehead atoms. The second-order valence-electron chi connectivity index (χ2n) is 3.16. The third kappa shape index (κ3) is 3.61. The smallest absolute Gasteiger partial charge is 0.309 e. The van der Waals surface area contributed by atoms with Gasteiger partial charge in [0.15, 0.2) is 0 Å². The second kappa shape index (κ2) is 6.26. The van der Waals surface area contributed by atoms with Gasteiger partial charge in [0.25, 0.3) is 6.43 Å². The van der Waals surface area contributed by atoms with Gasteiger partial charge in [-0.3, -0.25) is 4.79 Å². The van der Waals surface area contributed by atoms with Crippen LogP contribution in [0.5, 0.6) is 0 Å². The van der Waals surface area contributed by atoms with E-state index < -0.39 is 18.1 Å². The maximum atomic E-state index is 12.7. The van der Waals surface area contributed by atoms with E-state index in [1.807, 2.05) is 0 Å². The number of hydrogen-bond acceptors (Lipinski definition) is 3. The number of halogens is 4. The summed E-state index contributed by atoms with van der Waals surface area (Å²) in [5.74, 6) is -0.519. The van der Waals surface area contributed by atoms with Crippen molar-refractivity contribution in [1.29, 1.82) is 0 Å². The highest BCUT2D eigenvalue weighted by Gasteiger charge is 2.20.